The normalized spacial score (nSPS) is 14.7. The van der Waals surface area contributed by atoms with Gasteiger partial charge in [0.15, 0.2) is 46.0 Å². The number of hydrogen-bond donors (Lipinski definition) is 0. The van der Waals surface area contributed by atoms with Crippen molar-refractivity contribution in [3.05, 3.63) is 222 Å². The van der Waals surface area contributed by atoms with Crippen LogP contribution in [-0.2, 0) is 5.41 Å². The molecule has 0 saturated heterocycles. The third kappa shape index (κ3) is 9.08. The molecule has 4 aliphatic heterocycles. The van der Waals surface area contributed by atoms with E-state index in [1.807, 2.05) is 72.8 Å². The summed E-state index contributed by atoms with van der Waals surface area (Å²) in [6.45, 7) is 8.19. The van der Waals surface area contributed by atoms with E-state index >= 15 is 0 Å². The van der Waals surface area contributed by atoms with Crippen molar-refractivity contribution in [3.8, 4) is 79.4 Å². The van der Waals surface area contributed by atoms with Crippen LogP contribution in [0.2, 0.25) is 5.02 Å². The van der Waals surface area contributed by atoms with E-state index in [-0.39, 0.29) is 5.41 Å². The molecular formula is C71H56ClN3O8. The number of nitrogens with zero attached hydrogens (tertiary/aromatic N) is 3. The Morgan fingerprint density at radius 1 is 0.289 bits per heavy atom. The molecule has 10 aromatic rings. The van der Waals surface area contributed by atoms with Crippen molar-refractivity contribution >= 4 is 62.8 Å². The van der Waals surface area contributed by atoms with Gasteiger partial charge in [-0.05, 0) is 142 Å². The predicted molar refractivity (Wildman–Crippen MR) is 328 cm³/mol. The van der Waals surface area contributed by atoms with E-state index in [0.717, 1.165) is 62.1 Å². The molecule has 0 fully saturated rings. The molecule has 1 aliphatic carbocycles. The zero-order chi connectivity index (χ0) is 55.6. The fraction of sp³-hybridized carbons (Fsp3) is 0.155. The summed E-state index contributed by atoms with van der Waals surface area (Å²) in [6.07, 6.45) is 0. The maximum absolute atomic E-state index is 8.16. The van der Waals surface area contributed by atoms with Crippen LogP contribution in [0, 0.1) is 0 Å². The Bertz CT molecular complexity index is 3870. The SMILES string of the molecule is CC1(C)c2ccccc2-c2ccc(N(c3ccc(-c4ccccc4)cc3)c3ccc(-c4cc(N(c5ccc6c(c5)OCCO6)c5ccc6c(c5)OCCO6)c(Cl)c(N(c5ccc6c(c5)OCCO6)c5ccc6c(c5)OCCO6)c4)cc3)cc21. The Labute approximate surface area is 486 Å². The highest BCUT2D eigenvalue weighted by Gasteiger charge is 2.36. The second-order valence-electron chi connectivity index (χ2n) is 21.5. The Morgan fingerprint density at radius 2 is 0.627 bits per heavy atom. The molecule has 410 valence electrons. The van der Waals surface area contributed by atoms with Crippen molar-refractivity contribution in [2.45, 2.75) is 19.3 Å². The maximum Gasteiger partial charge on any atom is 0.163 e. The molecule has 10 aromatic carbocycles. The molecule has 83 heavy (non-hydrogen) atoms. The topological polar surface area (TPSA) is 83.6 Å². The van der Waals surface area contributed by atoms with Crippen molar-refractivity contribution in [2.75, 3.05) is 67.6 Å². The Kier molecular flexibility index (Phi) is 12.5. The first kappa shape index (κ1) is 50.3. The fourth-order valence-corrected chi connectivity index (χ4v) is 12.4. The van der Waals surface area contributed by atoms with E-state index in [2.05, 4.69) is 162 Å². The first-order chi connectivity index (χ1) is 40.8. The molecule has 4 heterocycles. The first-order valence-corrected chi connectivity index (χ1v) is 28.5. The molecule has 0 spiro atoms. The second kappa shape index (κ2) is 20.7. The van der Waals surface area contributed by atoms with Crippen LogP contribution in [0.1, 0.15) is 25.0 Å². The monoisotopic (exact) mass is 1110 g/mol. The Balaban J connectivity index is 0.925. The predicted octanol–water partition coefficient (Wildman–Crippen LogP) is 17.5. The van der Waals surface area contributed by atoms with Crippen molar-refractivity contribution in [2.24, 2.45) is 0 Å². The molecule has 0 atom stereocenters. The second-order valence-corrected chi connectivity index (χ2v) is 21.9. The Morgan fingerprint density at radius 3 is 1.07 bits per heavy atom. The van der Waals surface area contributed by atoms with E-state index < -0.39 is 0 Å². The third-order valence-electron chi connectivity index (χ3n) is 16.2. The van der Waals surface area contributed by atoms with E-state index in [1.54, 1.807) is 0 Å². The number of halogens is 1. The number of hydrogen-bond acceptors (Lipinski definition) is 11. The highest BCUT2D eigenvalue weighted by Crippen LogP contribution is 2.54. The Hall–Kier alpha value is -9.71. The van der Waals surface area contributed by atoms with Gasteiger partial charge in [0.2, 0.25) is 0 Å². The molecule has 5 aliphatic rings. The lowest BCUT2D eigenvalue weighted by atomic mass is 9.82. The van der Waals surface area contributed by atoms with E-state index in [9.17, 15) is 0 Å². The average Bonchev–Trinajstić information content (AvgIpc) is 3.10. The number of rotatable bonds is 11. The van der Waals surface area contributed by atoms with Crippen LogP contribution >= 0.6 is 11.6 Å². The molecule has 0 unspecified atom stereocenters. The molecule has 15 rings (SSSR count). The number of ether oxygens (including phenoxy) is 8. The lowest BCUT2D eigenvalue weighted by Crippen LogP contribution is -2.19. The molecule has 0 bridgehead atoms. The van der Waals surface area contributed by atoms with Crippen LogP contribution in [0.3, 0.4) is 0 Å². The summed E-state index contributed by atoms with van der Waals surface area (Å²) in [6, 6.07) is 72.1. The van der Waals surface area contributed by atoms with Gasteiger partial charge >= 0.3 is 0 Å². The van der Waals surface area contributed by atoms with Gasteiger partial charge in [-0.25, -0.2) is 0 Å². The van der Waals surface area contributed by atoms with Crippen molar-refractivity contribution < 1.29 is 37.9 Å². The molecule has 12 heteroatoms. The zero-order valence-electron chi connectivity index (χ0n) is 45.8. The van der Waals surface area contributed by atoms with Crippen molar-refractivity contribution in [1.82, 2.24) is 0 Å². The molecular weight excluding hydrogens is 1060 g/mol. The fourth-order valence-electron chi connectivity index (χ4n) is 12.1. The molecule has 0 radical (unpaired) electrons. The maximum atomic E-state index is 8.16. The molecule has 0 aromatic heterocycles. The minimum absolute atomic E-state index is 0.194. The van der Waals surface area contributed by atoms with Gasteiger partial charge in [-0.1, -0.05) is 110 Å². The van der Waals surface area contributed by atoms with Gasteiger partial charge < -0.3 is 52.6 Å². The van der Waals surface area contributed by atoms with Gasteiger partial charge in [-0.3, -0.25) is 0 Å². The summed E-state index contributed by atoms with van der Waals surface area (Å²) in [4.78, 5) is 6.63. The summed E-state index contributed by atoms with van der Waals surface area (Å²) in [5.41, 5.74) is 16.7. The largest absolute Gasteiger partial charge is 0.486 e. The minimum atomic E-state index is -0.194. The number of fused-ring (bicyclic) bond motifs is 7. The number of benzene rings is 10. The molecule has 0 saturated carbocycles. The van der Waals surface area contributed by atoms with Gasteiger partial charge in [0.1, 0.15) is 52.9 Å². The van der Waals surface area contributed by atoms with E-state index in [1.165, 1.54) is 22.3 Å². The minimum Gasteiger partial charge on any atom is -0.486 e. The number of anilines is 9. The van der Waals surface area contributed by atoms with Gasteiger partial charge in [0, 0.05) is 46.7 Å². The van der Waals surface area contributed by atoms with Crippen LogP contribution in [0.4, 0.5) is 51.2 Å². The molecule has 0 amide bonds. The lowest BCUT2D eigenvalue weighted by Gasteiger charge is -2.33. The van der Waals surface area contributed by atoms with Crippen molar-refractivity contribution in [3.63, 3.8) is 0 Å². The highest BCUT2D eigenvalue weighted by atomic mass is 35.5. The summed E-state index contributed by atoms with van der Waals surface area (Å²) in [7, 11) is 0. The first-order valence-electron chi connectivity index (χ1n) is 28.1. The van der Waals surface area contributed by atoms with Crippen molar-refractivity contribution in [1.29, 1.82) is 0 Å². The standard InChI is InChI=1S/C71H56ClN3O8/c1-71(2)58-11-7-6-10-56(58)57-25-20-51(40-59(57)71)73(49-16-12-46(13-17-49)45-8-4-3-5-9-45)50-18-14-47(15-19-50)48-38-60(74(52-21-26-62-66(41-52)80-34-30-76-62)53-22-27-63-67(42-53)81-35-31-77-63)70(72)61(39-48)75(54-23-28-64-68(43-54)82-36-32-78-64)55-24-29-65-69(44-55)83-37-33-79-65/h3-29,38-44H,30-37H2,1-2H3. The summed E-state index contributed by atoms with van der Waals surface area (Å²) >= 11 is 8.16. The molecule has 0 N–H and O–H groups in total. The van der Waals surface area contributed by atoms with Crippen LogP contribution in [0.25, 0.3) is 33.4 Å². The molecule has 11 nitrogen and oxygen atoms in total. The highest BCUT2D eigenvalue weighted by molar-refractivity contribution is 6.37. The average molecular weight is 1110 g/mol. The lowest BCUT2D eigenvalue weighted by molar-refractivity contribution is 0.171. The van der Waals surface area contributed by atoms with Crippen LogP contribution in [0.5, 0.6) is 46.0 Å². The quantitative estimate of drug-likeness (QED) is 0.124. The van der Waals surface area contributed by atoms with Crippen LogP contribution < -0.4 is 52.6 Å². The van der Waals surface area contributed by atoms with E-state index in [0.29, 0.717) is 115 Å². The van der Waals surface area contributed by atoms with Gasteiger partial charge in [0.25, 0.3) is 0 Å². The van der Waals surface area contributed by atoms with E-state index in [4.69, 9.17) is 49.5 Å². The van der Waals surface area contributed by atoms with Gasteiger partial charge in [0.05, 0.1) is 39.1 Å². The van der Waals surface area contributed by atoms with Crippen LogP contribution in [-0.4, -0.2) is 52.9 Å². The smallest absolute Gasteiger partial charge is 0.163 e. The van der Waals surface area contributed by atoms with Crippen LogP contribution in [0.15, 0.2) is 206 Å². The zero-order valence-corrected chi connectivity index (χ0v) is 46.5. The summed E-state index contributed by atoms with van der Waals surface area (Å²) in [5.74, 6) is 5.19. The van der Waals surface area contributed by atoms with Gasteiger partial charge in [-0.2, -0.15) is 0 Å². The summed E-state index contributed by atoms with van der Waals surface area (Å²) < 4.78 is 49.3. The van der Waals surface area contributed by atoms with Gasteiger partial charge in [-0.15, -0.1) is 0 Å². The summed E-state index contributed by atoms with van der Waals surface area (Å²) in [5, 5.41) is 0.451. The third-order valence-corrected chi connectivity index (χ3v) is 16.6.